The zero-order chi connectivity index (χ0) is 15.6. The highest BCUT2D eigenvalue weighted by Crippen LogP contribution is 2.30. The Kier molecular flexibility index (Phi) is 4.42. The van der Waals surface area contributed by atoms with Crippen molar-refractivity contribution in [1.82, 2.24) is 4.90 Å². The van der Waals surface area contributed by atoms with Gasteiger partial charge in [-0.15, -0.1) is 0 Å². The van der Waals surface area contributed by atoms with Gasteiger partial charge in [0.05, 0.1) is 12.0 Å². The summed E-state index contributed by atoms with van der Waals surface area (Å²) in [4.78, 5) is 23.7. The van der Waals surface area contributed by atoms with Crippen molar-refractivity contribution in [2.75, 3.05) is 13.7 Å². The third-order valence-electron chi connectivity index (χ3n) is 3.88. The largest absolute Gasteiger partial charge is 0.490 e. The fraction of sp³-hybridized carbons (Fsp3) is 0.500. The summed E-state index contributed by atoms with van der Waals surface area (Å²) in [5, 5.41) is 20.3. The SMILES string of the molecule is COc1ccc(CN2CCC(C)C2C(=O)O)cc1[N+](=O)[O-]. The third-order valence-corrected chi connectivity index (χ3v) is 3.88. The van der Waals surface area contributed by atoms with Crippen LogP contribution in [0, 0.1) is 16.0 Å². The monoisotopic (exact) mass is 294 g/mol. The average molecular weight is 294 g/mol. The number of carboxylic acids is 1. The van der Waals surface area contributed by atoms with Crippen LogP contribution in [0.2, 0.25) is 0 Å². The Balaban J connectivity index is 2.22. The van der Waals surface area contributed by atoms with Crippen molar-refractivity contribution in [3.8, 4) is 5.75 Å². The number of hydrogen-bond acceptors (Lipinski definition) is 5. The fourth-order valence-corrected chi connectivity index (χ4v) is 2.81. The summed E-state index contributed by atoms with van der Waals surface area (Å²) in [6.07, 6.45) is 0.815. The maximum Gasteiger partial charge on any atom is 0.321 e. The second-order valence-corrected chi connectivity index (χ2v) is 5.28. The Bertz CT molecular complexity index is 560. The van der Waals surface area contributed by atoms with E-state index in [4.69, 9.17) is 4.74 Å². The van der Waals surface area contributed by atoms with Gasteiger partial charge in [0.15, 0.2) is 5.75 Å². The summed E-state index contributed by atoms with van der Waals surface area (Å²) in [6.45, 7) is 2.97. The van der Waals surface area contributed by atoms with Crippen molar-refractivity contribution in [2.24, 2.45) is 5.92 Å². The van der Waals surface area contributed by atoms with Gasteiger partial charge in [-0.2, -0.15) is 0 Å². The molecule has 21 heavy (non-hydrogen) atoms. The minimum absolute atomic E-state index is 0.0794. The zero-order valence-electron chi connectivity index (χ0n) is 12.0. The molecule has 7 heteroatoms. The van der Waals surface area contributed by atoms with Crippen molar-refractivity contribution >= 4 is 11.7 Å². The molecule has 0 radical (unpaired) electrons. The topological polar surface area (TPSA) is 92.9 Å². The van der Waals surface area contributed by atoms with Gasteiger partial charge >= 0.3 is 11.7 Å². The van der Waals surface area contributed by atoms with Crippen LogP contribution in [0.25, 0.3) is 0 Å². The van der Waals surface area contributed by atoms with Crippen molar-refractivity contribution in [1.29, 1.82) is 0 Å². The lowest BCUT2D eigenvalue weighted by molar-refractivity contribution is -0.385. The van der Waals surface area contributed by atoms with Crippen LogP contribution in [0.4, 0.5) is 5.69 Å². The summed E-state index contributed by atoms with van der Waals surface area (Å²) < 4.78 is 4.96. The van der Waals surface area contributed by atoms with Crippen LogP contribution in [0.1, 0.15) is 18.9 Å². The Morgan fingerprint density at radius 3 is 2.86 bits per heavy atom. The molecule has 114 valence electrons. The van der Waals surface area contributed by atoms with Crippen LogP contribution in [-0.4, -0.2) is 40.6 Å². The van der Waals surface area contributed by atoms with E-state index in [1.165, 1.54) is 13.2 Å². The number of carboxylic acid groups (broad SMARTS) is 1. The number of likely N-dealkylation sites (tertiary alicyclic amines) is 1. The van der Waals surface area contributed by atoms with E-state index >= 15 is 0 Å². The van der Waals surface area contributed by atoms with Gasteiger partial charge in [0.2, 0.25) is 0 Å². The molecule has 1 saturated heterocycles. The third kappa shape index (κ3) is 3.13. The molecule has 1 fully saturated rings. The van der Waals surface area contributed by atoms with Crippen LogP contribution >= 0.6 is 0 Å². The summed E-state index contributed by atoms with van der Waals surface area (Å²) in [5.41, 5.74) is 0.608. The lowest BCUT2D eigenvalue weighted by Crippen LogP contribution is -2.38. The van der Waals surface area contributed by atoms with Crippen LogP contribution in [0.15, 0.2) is 18.2 Å². The molecule has 0 bridgehead atoms. The van der Waals surface area contributed by atoms with Crippen molar-refractivity contribution in [2.45, 2.75) is 25.9 Å². The molecule has 1 aromatic rings. The summed E-state index contributed by atoms with van der Waals surface area (Å²) in [5.74, 6) is -0.563. The van der Waals surface area contributed by atoms with Crippen LogP contribution in [0.3, 0.4) is 0 Å². The van der Waals surface area contributed by atoms with Crippen LogP contribution in [-0.2, 0) is 11.3 Å². The first-order valence-electron chi connectivity index (χ1n) is 6.72. The molecular weight excluding hydrogens is 276 g/mol. The van der Waals surface area contributed by atoms with Crippen molar-refractivity contribution in [3.05, 3.63) is 33.9 Å². The normalized spacial score (nSPS) is 22.2. The highest BCUT2D eigenvalue weighted by atomic mass is 16.6. The van der Waals surface area contributed by atoms with Gasteiger partial charge in [-0.05, 0) is 30.5 Å². The van der Waals surface area contributed by atoms with E-state index in [1.807, 2.05) is 11.8 Å². The van der Waals surface area contributed by atoms with Gasteiger partial charge in [-0.1, -0.05) is 13.0 Å². The molecule has 1 aliphatic heterocycles. The molecule has 1 aromatic carbocycles. The van der Waals surface area contributed by atoms with E-state index in [2.05, 4.69) is 0 Å². The van der Waals surface area contributed by atoms with Gasteiger partial charge in [-0.3, -0.25) is 19.8 Å². The van der Waals surface area contributed by atoms with Gasteiger partial charge in [0, 0.05) is 12.6 Å². The van der Waals surface area contributed by atoms with E-state index in [0.717, 1.165) is 6.42 Å². The summed E-state index contributed by atoms with van der Waals surface area (Å²) >= 11 is 0. The Morgan fingerprint density at radius 1 is 1.57 bits per heavy atom. The average Bonchev–Trinajstić information content (AvgIpc) is 2.79. The van der Waals surface area contributed by atoms with Crippen LogP contribution < -0.4 is 4.74 Å². The highest BCUT2D eigenvalue weighted by Gasteiger charge is 2.36. The quantitative estimate of drug-likeness (QED) is 0.658. The highest BCUT2D eigenvalue weighted by molar-refractivity contribution is 5.74. The van der Waals surface area contributed by atoms with Gasteiger partial charge in [0.25, 0.3) is 0 Å². The van der Waals surface area contributed by atoms with Crippen molar-refractivity contribution < 1.29 is 19.6 Å². The maximum atomic E-state index is 11.3. The Morgan fingerprint density at radius 2 is 2.29 bits per heavy atom. The lowest BCUT2D eigenvalue weighted by atomic mass is 10.0. The number of rotatable bonds is 5. The smallest absolute Gasteiger partial charge is 0.321 e. The zero-order valence-corrected chi connectivity index (χ0v) is 12.0. The number of benzene rings is 1. The molecule has 0 saturated carbocycles. The molecule has 0 amide bonds. The van der Waals surface area contributed by atoms with E-state index < -0.39 is 16.9 Å². The van der Waals surface area contributed by atoms with Gasteiger partial charge in [0.1, 0.15) is 6.04 Å². The Labute approximate surface area is 122 Å². The molecule has 1 N–H and O–H groups in total. The molecule has 0 spiro atoms. The molecule has 7 nitrogen and oxygen atoms in total. The van der Waals surface area contributed by atoms with E-state index in [-0.39, 0.29) is 17.4 Å². The first-order chi connectivity index (χ1) is 9.93. The predicted molar refractivity (Wildman–Crippen MR) is 75.3 cm³/mol. The van der Waals surface area contributed by atoms with E-state index in [9.17, 15) is 20.0 Å². The summed E-state index contributed by atoms with van der Waals surface area (Å²) in [7, 11) is 1.38. The number of aliphatic carboxylic acids is 1. The Hall–Kier alpha value is -2.15. The predicted octanol–water partition coefficient (Wildman–Crippen LogP) is 1.90. The molecule has 0 aromatic heterocycles. The molecule has 2 unspecified atom stereocenters. The number of carbonyl (C=O) groups is 1. The van der Waals surface area contributed by atoms with Crippen molar-refractivity contribution in [3.63, 3.8) is 0 Å². The first kappa shape index (κ1) is 15.2. The second kappa shape index (κ2) is 6.09. The van der Waals surface area contributed by atoms with E-state index in [0.29, 0.717) is 18.7 Å². The van der Waals surface area contributed by atoms with Crippen LogP contribution in [0.5, 0.6) is 5.75 Å². The molecule has 2 rings (SSSR count). The minimum Gasteiger partial charge on any atom is -0.490 e. The number of nitro groups is 1. The second-order valence-electron chi connectivity index (χ2n) is 5.28. The number of methoxy groups -OCH3 is 1. The summed E-state index contributed by atoms with van der Waals surface area (Å²) in [6, 6.07) is 4.18. The number of nitro benzene ring substituents is 1. The van der Waals surface area contributed by atoms with Gasteiger partial charge < -0.3 is 9.84 Å². The minimum atomic E-state index is -0.844. The van der Waals surface area contributed by atoms with Gasteiger partial charge in [-0.25, -0.2) is 0 Å². The van der Waals surface area contributed by atoms with E-state index in [1.54, 1.807) is 12.1 Å². The molecular formula is C14H18N2O5. The lowest BCUT2D eigenvalue weighted by Gasteiger charge is -2.23. The number of nitrogens with zero attached hydrogens (tertiary/aromatic N) is 2. The number of hydrogen-bond donors (Lipinski definition) is 1. The molecule has 1 aliphatic rings. The molecule has 1 heterocycles. The molecule has 0 aliphatic carbocycles. The molecule has 2 atom stereocenters. The maximum absolute atomic E-state index is 11.3. The fourth-order valence-electron chi connectivity index (χ4n) is 2.81. The number of ether oxygens (including phenoxy) is 1. The first-order valence-corrected chi connectivity index (χ1v) is 6.72. The standard InChI is InChI=1S/C14H18N2O5/c1-9-5-6-15(13(9)14(17)18)8-10-3-4-12(21-2)11(7-10)16(19)20/h3-4,7,9,13H,5-6,8H2,1-2H3,(H,17,18).